The third kappa shape index (κ3) is 4.47. The lowest BCUT2D eigenvalue weighted by Crippen LogP contribution is -2.42. The molecule has 0 aromatic heterocycles. The van der Waals surface area contributed by atoms with Crippen molar-refractivity contribution in [2.24, 2.45) is 0 Å². The summed E-state index contributed by atoms with van der Waals surface area (Å²) in [7, 11) is -2.56. The summed E-state index contributed by atoms with van der Waals surface area (Å²) in [6.45, 7) is 6.96. The van der Waals surface area contributed by atoms with Crippen LogP contribution in [-0.4, -0.2) is 29.2 Å². The van der Waals surface area contributed by atoms with Crippen molar-refractivity contribution in [1.29, 1.82) is 0 Å². The normalized spacial score (nSPS) is 23.3. The van der Waals surface area contributed by atoms with E-state index in [-0.39, 0.29) is 22.4 Å². The fourth-order valence-electron chi connectivity index (χ4n) is 2.17. The van der Waals surface area contributed by atoms with Gasteiger partial charge in [0.15, 0.2) is 0 Å². The van der Waals surface area contributed by atoms with Crippen molar-refractivity contribution in [3.8, 4) is 0 Å². The molecule has 0 saturated carbocycles. The molecule has 0 spiro atoms. The molecule has 2 rings (SSSR count). The van der Waals surface area contributed by atoms with Crippen LogP contribution in [0, 0.1) is 0 Å². The average Bonchev–Trinajstić information content (AvgIpc) is 2.88. The predicted molar refractivity (Wildman–Crippen MR) is 89.1 cm³/mol. The Morgan fingerprint density at radius 2 is 2.08 bits per heavy atom. The summed E-state index contributed by atoms with van der Waals surface area (Å²) in [4.78, 5) is 24.1. The Balaban J connectivity index is 2.35. The third-order valence-corrected chi connectivity index (χ3v) is 6.55. The van der Waals surface area contributed by atoms with Gasteiger partial charge in [-0.3, -0.25) is 4.79 Å². The van der Waals surface area contributed by atoms with Crippen LogP contribution in [0.15, 0.2) is 41.8 Å². The minimum atomic E-state index is -4.53. The van der Waals surface area contributed by atoms with Gasteiger partial charge in [0.2, 0.25) is 5.91 Å². The number of carbonyl (C=O) groups excluding carboxylic acids is 2. The van der Waals surface area contributed by atoms with Gasteiger partial charge < -0.3 is 14.8 Å². The molecular weight excluding hydrogens is 357 g/mol. The molecule has 1 aliphatic rings. The van der Waals surface area contributed by atoms with Crippen LogP contribution >= 0.6 is 10.3 Å². The molecule has 1 saturated heterocycles. The highest BCUT2D eigenvalue weighted by atomic mass is 32.3. The van der Waals surface area contributed by atoms with Crippen molar-refractivity contribution in [1.82, 2.24) is 10.6 Å². The van der Waals surface area contributed by atoms with Crippen LogP contribution in [0.3, 0.4) is 0 Å². The van der Waals surface area contributed by atoms with E-state index in [0.29, 0.717) is 0 Å². The number of carbonyl (C=O) groups is 2. The van der Waals surface area contributed by atoms with Crippen LogP contribution in [0.25, 0.3) is 0 Å². The van der Waals surface area contributed by atoms with Gasteiger partial charge in [0, 0.05) is 4.90 Å². The van der Waals surface area contributed by atoms with Gasteiger partial charge in [-0.1, -0.05) is 12.1 Å². The summed E-state index contributed by atoms with van der Waals surface area (Å²) in [5.41, 5.74) is -1.62. The van der Waals surface area contributed by atoms with Crippen LogP contribution in [-0.2, 0) is 15.2 Å². The summed E-state index contributed by atoms with van der Waals surface area (Å²) in [6, 6.07) is 4.55. The van der Waals surface area contributed by atoms with Gasteiger partial charge in [-0.05, 0) is 42.4 Å². The fraction of sp³-hybridized carbons (Fsp3) is 0.375. The van der Waals surface area contributed by atoms with E-state index in [1.54, 1.807) is 13.8 Å². The molecular formula is C16H19F3N2O3S. The number of amides is 2. The van der Waals surface area contributed by atoms with Gasteiger partial charge in [0.05, 0.1) is 22.7 Å². The Morgan fingerprint density at radius 3 is 2.60 bits per heavy atom. The third-order valence-electron chi connectivity index (χ3n) is 3.63. The maximum Gasteiger partial charge on any atom is 0.418 e. The van der Waals surface area contributed by atoms with E-state index < -0.39 is 33.7 Å². The minimum absolute atomic E-state index is 0.0188. The quantitative estimate of drug-likeness (QED) is 0.790. The zero-order chi connectivity index (χ0) is 18.9. The first-order valence-corrected chi connectivity index (χ1v) is 9.25. The van der Waals surface area contributed by atoms with E-state index in [1.165, 1.54) is 18.2 Å². The zero-order valence-corrected chi connectivity index (χ0v) is 14.6. The molecule has 1 unspecified atom stereocenters. The largest absolute Gasteiger partial charge is 0.418 e. The van der Waals surface area contributed by atoms with Crippen molar-refractivity contribution >= 4 is 22.3 Å². The van der Waals surface area contributed by atoms with Gasteiger partial charge >= 0.3 is 12.3 Å². The lowest BCUT2D eigenvalue weighted by Gasteiger charge is -2.34. The number of halogens is 3. The van der Waals surface area contributed by atoms with Gasteiger partial charge in [-0.2, -0.15) is 13.2 Å². The Kier molecular flexibility index (Phi) is 5.08. The first-order chi connectivity index (χ1) is 11.5. The van der Waals surface area contributed by atoms with E-state index in [4.69, 9.17) is 4.18 Å². The highest BCUT2D eigenvalue weighted by Crippen LogP contribution is 2.58. The Morgan fingerprint density at radius 1 is 1.40 bits per heavy atom. The molecule has 1 aliphatic heterocycles. The number of benzene rings is 1. The topological polar surface area (TPSA) is 67.4 Å². The molecule has 1 aromatic carbocycles. The smallest absolute Gasteiger partial charge is 0.392 e. The molecule has 2 N–H and O–H groups in total. The van der Waals surface area contributed by atoms with Crippen molar-refractivity contribution < 1.29 is 26.9 Å². The SMILES string of the molecule is C=CC(C)(C)NC(=O)OS1(c2cccc(C(F)(F)F)c2)CNC(=O)C1. The molecule has 1 fully saturated rings. The van der Waals surface area contributed by atoms with E-state index in [1.807, 2.05) is 0 Å². The minimum Gasteiger partial charge on any atom is -0.392 e. The number of hydrogen-bond acceptors (Lipinski definition) is 3. The van der Waals surface area contributed by atoms with Crippen LogP contribution in [0.5, 0.6) is 0 Å². The summed E-state index contributed by atoms with van der Waals surface area (Å²) in [6.07, 6.45) is -3.84. The second kappa shape index (κ2) is 6.62. The number of nitrogens with one attached hydrogen (secondary N) is 2. The van der Waals surface area contributed by atoms with Crippen LogP contribution in [0.4, 0.5) is 18.0 Å². The molecule has 2 amide bonds. The van der Waals surface area contributed by atoms with E-state index in [0.717, 1.165) is 12.1 Å². The number of alkyl halides is 3. The van der Waals surface area contributed by atoms with E-state index in [2.05, 4.69) is 17.2 Å². The highest BCUT2D eigenvalue weighted by molar-refractivity contribution is 8.31. The molecule has 0 radical (unpaired) electrons. The molecule has 0 bridgehead atoms. The van der Waals surface area contributed by atoms with Gasteiger partial charge in [-0.25, -0.2) is 4.79 Å². The monoisotopic (exact) mass is 376 g/mol. The first kappa shape index (κ1) is 19.2. The van der Waals surface area contributed by atoms with Crippen molar-refractivity contribution in [3.05, 3.63) is 42.5 Å². The zero-order valence-electron chi connectivity index (χ0n) is 13.8. The maximum absolute atomic E-state index is 13.0. The molecule has 138 valence electrons. The Labute approximate surface area is 145 Å². The average molecular weight is 376 g/mol. The summed E-state index contributed by atoms with van der Waals surface area (Å²) < 4.78 is 44.4. The molecule has 0 aliphatic carbocycles. The van der Waals surface area contributed by atoms with Crippen LogP contribution < -0.4 is 10.6 Å². The standard InChI is InChI=1S/C16H19F3N2O3S/c1-4-15(2,3)21-14(23)24-25(9-13(22)20-10-25)12-7-5-6-11(8-12)16(17,18)19/h4-8H,1,9-10H2,2-3H3,(H,20,22)(H,21,23). The number of rotatable bonds is 4. The second-order valence-electron chi connectivity index (χ2n) is 6.15. The summed E-state index contributed by atoms with van der Waals surface area (Å²) in [5, 5.41) is 5.11. The molecule has 1 aromatic rings. The molecule has 1 atom stereocenters. The predicted octanol–water partition coefficient (Wildman–Crippen LogP) is 3.56. The molecule has 5 nitrogen and oxygen atoms in total. The maximum atomic E-state index is 13.0. The highest BCUT2D eigenvalue weighted by Gasteiger charge is 2.41. The van der Waals surface area contributed by atoms with Gasteiger partial charge in [0.1, 0.15) is 0 Å². The lowest BCUT2D eigenvalue weighted by molar-refractivity contribution is -0.137. The fourth-order valence-corrected chi connectivity index (χ4v) is 4.74. The number of hydrogen-bond donors (Lipinski definition) is 2. The van der Waals surface area contributed by atoms with Gasteiger partial charge in [0.25, 0.3) is 0 Å². The summed E-state index contributed by atoms with van der Waals surface area (Å²) >= 11 is 0. The van der Waals surface area contributed by atoms with E-state index in [9.17, 15) is 22.8 Å². The second-order valence-corrected chi connectivity index (χ2v) is 8.99. The Bertz CT molecular complexity index is 706. The van der Waals surface area contributed by atoms with E-state index >= 15 is 0 Å². The molecule has 9 heteroatoms. The van der Waals surface area contributed by atoms with Crippen LogP contribution in [0.2, 0.25) is 0 Å². The lowest BCUT2D eigenvalue weighted by atomic mass is 10.1. The van der Waals surface area contributed by atoms with Crippen molar-refractivity contribution in [2.45, 2.75) is 30.5 Å². The molecule has 25 heavy (non-hydrogen) atoms. The van der Waals surface area contributed by atoms with Crippen LogP contribution in [0.1, 0.15) is 19.4 Å². The summed E-state index contributed by atoms with van der Waals surface area (Å²) in [5.74, 6) is -0.561. The van der Waals surface area contributed by atoms with Crippen molar-refractivity contribution in [3.63, 3.8) is 0 Å². The van der Waals surface area contributed by atoms with Crippen molar-refractivity contribution in [2.75, 3.05) is 11.6 Å². The molecule has 1 heterocycles. The Hall–Kier alpha value is -2.16. The van der Waals surface area contributed by atoms with Gasteiger partial charge in [-0.15, -0.1) is 6.58 Å². The first-order valence-electron chi connectivity index (χ1n) is 7.35.